The second-order valence-corrected chi connectivity index (χ2v) is 10.4. The topological polar surface area (TPSA) is 25.8 Å². The Hall–Kier alpha value is 0.660. The highest BCUT2D eigenvalue weighted by molar-refractivity contribution is 8.78. The van der Waals surface area contributed by atoms with Gasteiger partial charge in [-0.25, -0.2) is 9.97 Å². The van der Waals surface area contributed by atoms with Crippen molar-refractivity contribution < 1.29 is 0 Å². The van der Waals surface area contributed by atoms with Gasteiger partial charge >= 0.3 is 0 Å². The van der Waals surface area contributed by atoms with E-state index in [0.29, 0.717) is 0 Å². The molecule has 8 heteroatoms. The van der Waals surface area contributed by atoms with E-state index in [9.17, 15) is 0 Å². The summed E-state index contributed by atoms with van der Waals surface area (Å²) in [6.45, 7) is 4.07. The Morgan fingerprint density at radius 3 is 1.67 bits per heavy atom. The number of aryl methyl sites for hydroxylation is 2. The van der Waals surface area contributed by atoms with Crippen LogP contribution in [-0.2, 0) is 0 Å². The van der Waals surface area contributed by atoms with Crippen molar-refractivity contribution in [2.75, 3.05) is 11.5 Å². The van der Waals surface area contributed by atoms with E-state index in [2.05, 4.69) is 20.7 Å². The van der Waals surface area contributed by atoms with Crippen molar-refractivity contribution in [3.63, 3.8) is 0 Å². The summed E-state index contributed by atoms with van der Waals surface area (Å²) in [4.78, 5) is 8.84. The lowest BCUT2D eigenvalue weighted by Gasteiger charge is -1.97. The molecule has 0 saturated heterocycles. The molecule has 0 radical (unpaired) electrons. The van der Waals surface area contributed by atoms with Crippen LogP contribution in [0, 0.1) is 13.8 Å². The molecule has 0 saturated carbocycles. The van der Waals surface area contributed by atoms with Crippen LogP contribution >= 0.6 is 65.8 Å². The van der Waals surface area contributed by atoms with Crippen molar-refractivity contribution in [1.82, 2.24) is 9.97 Å². The predicted molar refractivity (Wildman–Crippen MR) is 90.3 cm³/mol. The van der Waals surface area contributed by atoms with Gasteiger partial charge in [-0.05, 0) is 35.4 Å². The summed E-state index contributed by atoms with van der Waals surface area (Å²) in [5, 5.41) is 4.19. The van der Waals surface area contributed by atoms with Gasteiger partial charge in [-0.2, -0.15) is 0 Å². The van der Waals surface area contributed by atoms with Gasteiger partial charge in [0.05, 0.1) is 0 Å². The van der Waals surface area contributed by atoms with Crippen LogP contribution in [0.3, 0.4) is 0 Å². The van der Waals surface area contributed by atoms with E-state index in [1.54, 1.807) is 44.3 Å². The van der Waals surface area contributed by atoms with Crippen molar-refractivity contribution in [2.24, 2.45) is 0 Å². The summed E-state index contributed by atoms with van der Waals surface area (Å²) in [6.07, 6.45) is 0. The quantitative estimate of drug-likeness (QED) is 0.489. The predicted octanol–water partition coefficient (Wildman–Crippen LogP) is 5.40. The number of aromatic nitrogens is 2. The lowest BCUT2D eigenvalue weighted by atomic mass is 10.6. The third kappa shape index (κ3) is 5.34. The summed E-state index contributed by atoms with van der Waals surface area (Å²) >= 11 is 3.45. The Balaban J connectivity index is 1.54. The van der Waals surface area contributed by atoms with Gasteiger partial charge in [-0.3, -0.25) is 0 Å². The Labute approximate surface area is 131 Å². The van der Waals surface area contributed by atoms with E-state index in [0.717, 1.165) is 31.6 Å². The van der Waals surface area contributed by atoms with Gasteiger partial charge in [0.25, 0.3) is 0 Å². The molecule has 0 bridgehead atoms. The first-order valence-corrected chi connectivity index (χ1v) is 11.6. The summed E-state index contributed by atoms with van der Waals surface area (Å²) in [5.74, 6) is 2.26. The fourth-order valence-corrected chi connectivity index (χ4v) is 8.04. The molecule has 2 nitrogen and oxygen atoms in total. The summed E-state index contributed by atoms with van der Waals surface area (Å²) in [5.41, 5.74) is 2.24. The average Bonchev–Trinajstić information content (AvgIpc) is 2.93. The molecule has 0 unspecified atom stereocenters. The molecular formula is C10H12N2S6. The maximum absolute atomic E-state index is 4.42. The van der Waals surface area contributed by atoms with E-state index in [1.807, 2.05) is 35.4 Å². The minimum absolute atomic E-state index is 1.12. The van der Waals surface area contributed by atoms with E-state index in [4.69, 9.17) is 0 Å². The smallest absolute Gasteiger partial charge is 0.160 e. The van der Waals surface area contributed by atoms with Gasteiger partial charge < -0.3 is 0 Å². The SMILES string of the molecule is Cc1csc(SSCCSSc2nc(C)cs2)n1. The standard InChI is InChI=1S/C10H12N2S6/c1-7-5-13-9(11-7)17-15-3-4-16-18-10-12-8(2)6-14-10/h5-6H,3-4H2,1-2H3. The van der Waals surface area contributed by atoms with Crippen molar-refractivity contribution in [3.05, 3.63) is 22.1 Å². The molecule has 0 fully saturated rings. The third-order valence-electron chi connectivity index (χ3n) is 1.71. The largest absolute Gasteiger partial charge is 0.234 e. The number of hydrogen-bond donors (Lipinski definition) is 0. The van der Waals surface area contributed by atoms with E-state index < -0.39 is 0 Å². The number of thiazole rings is 2. The molecule has 2 aromatic rings. The summed E-state index contributed by atoms with van der Waals surface area (Å²) in [6, 6.07) is 0. The van der Waals surface area contributed by atoms with Gasteiger partial charge in [-0.1, -0.05) is 21.6 Å². The molecular weight excluding hydrogens is 341 g/mol. The highest BCUT2D eigenvalue weighted by atomic mass is 33.1. The highest BCUT2D eigenvalue weighted by Gasteiger charge is 2.02. The zero-order valence-corrected chi connectivity index (χ0v) is 14.8. The second-order valence-electron chi connectivity index (χ2n) is 3.32. The number of rotatable bonds is 7. The normalized spacial score (nSPS) is 11.0. The van der Waals surface area contributed by atoms with Gasteiger partial charge in [-0.15, -0.1) is 22.7 Å². The fraction of sp³-hybridized carbons (Fsp3) is 0.400. The first kappa shape index (κ1) is 15.1. The summed E-state index contributed by atoms with van der Waals surface area (Å²) in [7, 11) is 7.31. The van der Waals surface area contributed by atoms with Gasteiger partial charge in [0.15, 0.2) is 8.68 Å². The maximum atomic E-state index is 4.42. The Morgan fingerprint density at radius 1 is 0.889 bits per heavy atom. The lowest BCUT2D eigenvalue weighted by molar-refractivity contribution is 1.16. The van der Waals surface area contributed by atoms with Crippen molar-refractivity contribution in [1.29, 1.82) is 0 Å². The molecule has 0 N–H and O–H groups in total. The fourth-order valence-electron chi connectivity index (χ4n) is 0.994. The van der Waals surface area contributed by atoms with E-state index >= 15 is 0 Å². The monoisotopic (exact) mass is 352 g/mol. The zero-order valence-electron chi connectivity index (χ0n) is 9.91. The lowest BCUT2D eigenvalue weighted by Crippen LogP contribution is -1.78. The molecule has 0 aliphatic rings. The van der Waals surface area contributed by atoms with Crippen LogP contribution in [0.15, 0.2) is 19.4 Å². The van der Waals surface area contributed by atoms with Crippen LogP contribution < -0.4 is 0 Å². The Morgan fingerprint density at radius 2 is 1.33 bits per heavy atom. The number of nitrogens with zero attached hydrogens (tertiary/aromatic N) is 2. The third-order valence-corrected chi connectivity index (χ3v) is 9.28. The van der Waals surface area contributed by atoms with Crippen molar-refractivity contribution in [2.45, 2.75) is 22.5 Å². The first-order chi connectivity index (χ1) is 8.74. The van der Waals surface area contributed by atoms with Gasteiger partial charge in [0.2, 0.25) is 0 Å². The minimum Gasteiger partial charge on any atom is -0.234 e. The van der Waals surface area contributed by atoms with Crippen LogP contribution in [0.4, 0.5) is 0 Å². The van der Waals surface area contributed by atoms with Crippen molar-refractivity contribution in [3.8, 4) is 0 Å². The molecule has 2 aromatic heterocycles. The molecule has 2 rings (SSSR count). The molecule has 18 heavy (non-hydrogen) atoms. The molecule has 0 aliphatic carbocycles. The van der Waals surface area contributed by atoms with E-state index in [1.165, 1.54) is 0 Å². The second kappa shape index (κ2) is 8.06. The molecule has 0 aliphatic heterocycles. The Kier molecular flexibility index (Phi) is 6.74. The first-order valence-electron chi connectivity index (χ1n) is 5.17. The Bertz CT molecular complexity index is 436. The maximum Gasteiger partial charge on any atom is 0.160 e. The van der Waals surface area contributed by atoms with Crippen molar-refractivity contribution >= 4 is 65.8 Å². The number of hydrogen-bond acceptors (Lipinski definition) is 8. The average molecular weight is 353 g/mol. The minimum atomic E-state index is 1.12. The molecule has 98 valence electrons. The molecule has 0 atom stereocenters. The summed E-state index contributed by atoms with van der Waals surface area (Å²) < 4.78 is 2.32. The van der Waals surface area contributed by atoms with Crippen LogP contribution in [0.2, 0.25) is 0 Å². The molecule has 2 heterocycles. The van der Waals surface area contributed by atoms with Crippen LogP contribution in [0.5, 0.6) is 0 Å². The van der Waals surface area contributed by atoms with Gasteiger partial charge in [0.1, 0.15) is 0 Å². The zero-order chi connectivity index (χ0) is 12.8. The molecule has 0 spiro atoms. The molecule has 0 amide bonds. The van der Waals surface area contributed by atoms with Crippen LogP contribution in [0.25, 0.3) is 0 Å². The van der Waals surface area contributed by atoms with Crippen LogP contribution in [-0.4, -0.2) is 21.5 Å². The van der Waals surface area contributed by atoms with Gasteiger partial charge in [0, 0.05) is 33.7 Å². The van der Waals surface area contributed by atoms with Crippen LogP contribution in [0.1, 0.15) is 11.4 Å². The van der Waals surface area contributed by atoms with E-state index in [-0.39, 0.29) is 0 Å². The molecule has 0 aromatic carbocycles. The highest BCUT2D eigenvalue weighted by Crippen LogP contribution is 2.37.